The number of hydrogen-bond donors (Lipinski definition) is 0. The first-order chi connectivity index (χ1) is 18.2. The Morgan fingerprint density at radius 3 is 1.98 bits per heavy atom. The normalized spacial score (nSPS) is 24.4. The van der Waals surface area contributed by atoms with Gasteiger partial charge >= 0.3 is 0 Å². The summed E-state index contributed by atoms with van der Waals surface area (Å²) in [4.78, 5) is 0. The summed E-state index contributed by atoms with van der Waals surface area (Å²) in [6.45, 7) is 24.3. The minimum Gasteiger partial charge on any atom is -0.257 e. The van der Waals surface area contributed by atoms with E-state index in [1.807, 2.05) is 0 Å². The van der Waals surface area contributed by atoms with Gasteiger partial charge in [-0.3, -0.25) is 4.59 Å². The van der Waals surface area contributed by atoms with E-state index in [4.69, 9.17) is 0 Å². The molecule has 0 heterocycles. The fraction of sp³-hybridized carbons (Fsp3) is 0.568. The van der Waals surface area contributed by atoms with E-state index < -0.39 is 8.24 Å². The van der Waals surface area contributed by atoms with Crippen LogP contribution in [0.15, 0.2) is 60.2 Å². The number of rotatable bonds is 4. The lowest BCUT2D eigenvalue weighted by atomic mass is 9.76. The maximum absolute atomic E-state index is 2.89. The first-order valence-corrected chi connectivity index (χ1v) is 18.6. The van der Waals surface area contributed by atoms with Crippen molar-refractivity contribution in [3.63, 3.8) is 0 Å². The molecule has 1 fully saturated rings. The highest BCUT2D eigenvalue weighted by Crippen LogP contribution is 2.59. The van der Waals surface area contributed by atoms with Gasteiger partial charge in [-0.05, 0) is 95.0 Å². The Kier molecular flexibility index (Phi) is 6.85. The van der Waals surface area contributed by atoms with Crippen LogP contribution in [0, 0.1) is 11.8 Å². The van der Waals surface area contributed by atoms with Gasteiger partial charge in [-0.1, -0.05) is 103 Å². The predicted octanol–water partition coefficient (Wildman–Crippen LogP) is 9.59. The summed E-state index contributed by atoms with van der Waals surface area (Å²) in [7, 11) is 5.32. The molecule has 1 saturated carbocycles. The number of hydrogen-bond acceptors (Lipinski definition) is 1. The highest BCUT2D eigenvalue weighted by molar-refractivity contribution is 6.76. The summed E-state index contributed by atoms with van der Waals surface area (Å²) in [5.41, 5.74) is 11.2. The van der Waals surface area contributed by atoms with Crippen LogP contribution in [0.25, 0.3) is 16.7 Å². The van der Waals surface area contributed by atoms with Gasteiger partial charge in [0.1, 0.15) is 0 Å². The van der Waals surface area contributed by atoms with Crippen LogP contribution in [-0.2, 0) is 10.8 Å². The van der Waals surface area contributed by atoms with Gasteiger partial charge in [0.25, 0.3) is 0 Å². The third-order valence-electron chi connectivity index (χ3n) is 10.2. The fourth-order valence-corrected chi connectivity index (χ4v) is 14.9. The summed E-state index contributed by atoms with van der Waals surface area (Å²) in [6.07, 6.45) is 8.14. The molecular weight excluding hydrogens is 501 g/mol. The van der Waals surface area contributed by atoms with Crippen LogP contribution in [0.2, 0.25) is 18.6 Å². The Hall–Kier alpha value is -1.94. The van der Waals surface area contributed by atoms with Crippen molar-refractivity contribution < 1.29 is 4.59 Å². The Morgan fingerprint density at radius 1 is 0.825 bits per heavy atom. The number of benzene rings is 2. The minimum atomic E-state index is -1.79. The molecule has 0 aliphatic heterocycles. The van der Waals surface area contributed by atoms with Gasteiger partial charge in [-0.15, -0.1) is 0 Å². The number of nitrogens with zero attached hydrogens (tertiary/aromatic N) is 2. The molecule has 40 heavy (non-hydrogen) atoms. The van der Waals surface area contributed by atoms with Crippen molar-refractivity contribution in [2.45, 2.75) is 103 Å². The standard InChI is InChI=1S/C37H55N2Si/c1-35(2,3)28-18-14-25(15-19-28)26-16-20-29-31-22-27-17-21-34(30(27)24-33(31)37(7,8)32(29)23-26)40(12,13)38(36(4,5)6)39(9,10)11/h14-16,18-20,22-24,27,30,34H,17,21H2,1-13H3/q+1. The van der Waals surface area contributed by atoms with Crippen LogP contribution in [0.5, 0.6) is 0 Å². The molecule has 3 unspecified atom stereocenters. The molecule has 0 saturated heterocycles. The van der Waals surface area contributed by atoms with Crippen LogP contribution >= 0.6 is 0 Å². The predicted molar refractivity (Wildman–Crippen MR) is 177 cm³/mol. The van der Waals surface area contributed by atoms with Gasteiger partial charge in [-0.25, -0.2) is 0 Å². The van der Waals surface area contributed by atoms with Gasteiger partial charge in [0, 0.05) is 5.41 Å². The first kappa shape index (κ1) is 29.5. The highest BCUT2D eigenvalue weighted by atomic mass is 28.3. The van der Waals surface area contributed by atoms with Gasteiger partial charge in [0.05, 0.1) is 26.7 Å². The van der Waals surface area contributed by atoms with Gasteiger partial charge in [0.2, 0.25) is 0 Å². The molecule has 2 nitrogen and oxygen atoms in total. The van der Waals surface area contributed by atoms with Crippen LogP contribution in [0.4, 0.5) is 0 Å². The van der Waals surface area contributed by atoms with Crippen molar-refractivity contribution in [1.82, 2.24) is 4.67 Å². The Bertz CT molecular complexity index is 1340. The summed E-state index contributed by atoms with van der Waals surface area (Å²) >= 11 is 0. The molecule has 3 aliphatic rings. The molecule has 0 amide bonds. The maximum atomic E-state index is 2.89. The zero-order valence-electron chi connectivity index (χ0n) is 27.7. The lowest BCUT2D eigenvalue weighted by Gasteiger charge is -2.55. The van der Waals surface area contributed by atoms with Crippen LogP contribution < -0.4 is 0 Å². The van der Waals surface area contributed by atoms with Gasteiger partial charge < -0.3 is 0 Å². The number of quaternary nitrogens is 1. The summed E-state index contributed by atoms with van der Waals surface area (Å²) in [6, 6.07) is 16.5. The lowest BCUT2D eigenvalue weighted by molar-refractivity contribution is -0.978. The molecule has 0 spiro atoms. The van der Waals surface area contributed by atoms with E-state index in [1.165, 1.54) is 46.2 Å². The lowest BCUT2D eigenvalue weighted by Crippen LogP contribution is -2.71. The van der Waals surface area contributed by atoms with Crippen molar-refractivity contribution in [3.8, 4) is 11.1 Å². The van der Waals surface area contributed by atoms with Gasteiger partial charge in [0.15, 0.2) is 8.24 Å². The zero-order chi connectivity index (χ0) is 29.6. The monoisotopic (exact) mass is 555 g/mol. The summed E-state index contributed by atoms with van der Waals surface area (Å²) in [5.74, 6) is 1.31. The van der Waals surface area contributed by atoms with Crippen molar-refractivity contribution in [1.29, 1.82) is 0 Å². The van der Waals surface area contributed by atoms with Crippen molar-refractivity contribution in [3.05, 3.63) is 76.9 Å². The van der Waals surface area contributed by atoms with E-state index in [0.717, 1.165) is 10.1 Å². The molecule has 0 aromatic heterocycles. The Labute approximate surface area is 246 Å². The Morgan fingerprint density at radius 2 is 1.43 bits per heavy atom. The third-order valence-corrected chi connectivity index (χ3v) is 15.1. The average Bonchev–Trinajstić information content (AvgIpc) is 3.32. The second-order valence-electron chi connectivity index (χ2n) is 16.9. The van der Waals surface area contributed by atoms with E-state index >= 15 is 0 Å². The largest absolute Gasteiger partial charge is 0.257 e. The SMILES string of the molecule is CC(C)(C)c1ccc(-c2ccc3c(c2)C(C)(C)C2=CC4C(C=C23)CCC4[Si](C)(C)N(C(C)(C)C)[N+](C)(C)C)cc1. The van der Waals surface area contributed by atoms with E-state index in [0.29, 0.717) is 11.8 Å². The van der Waals surface area contributed by atoms with E-state index in [9.17, 15) is 0 Å². The van der Waals surface area contributed by atoms with E-state index in [1.54, 1.807) is 5.57 Å². The second-order valence-corrected chi connectivity index (χ2v) is 21.3. The molecule has 3 heteroatoms. The molecular formula is C37H55N2Si+. The first-order valence-electron chi connectivity index (χ1n) is 15.6. The quantitative estimate of drug-likeness (QED) is 0.206. The molecule has 216 valence electrons. The second kappa shape index (κ2) is 9.28. The molecule has 0 bridgehead atoms. The van der Waals surface area contributed by atoms with Crippen LogP contribution in [-0.4, -0.2) is 44.2 Å². The fourth-order valence-electron chi connectivity index (χ4n) is 9.16. The van der Waals surface area contributed by atoms with E-state index in [-0.39, 0.29) is 16.4 Å². The molecule has 3 atom stereocenters. The zero-order valence-corrected chi connectivity index (χ0v) is 28.7. The summed E-state index contributed by atoms with van der Waals surface area (Å²) < 4.78 is 3.79. The molecule has 2 aromatic carbocycles. The molecule has 5 rings (SSSR count). The highest BCUT2D eigenvalue weighted by Gasteiger charge is 2.56. The maximum Gasteiger partial charge on any atom is 0.191 e. The van der Waals surface area contributed by atoms with E-state index in [2.05, 4.69) is 149 Å². The number of fused-ring (bicyclic) bond motifs is 4. The molecule has 0 radical (unpaired) electrons. The average molecular weight is 556 g/mol. The molecule has 3 aliphatic carbocycles. The molecule has 2 aromatic rings. The van der Waals surface area contributed by atoms with Gasteiger partial charge in [-0.2, -0.15) is 4.67 Å². The van der Waals surface area contributed by atoms with Crippen LogP contribution in [0.3, 0.4) is 0 Å². The third kappa shape index (κ3) is 4.80. The Balaban J connectivity index is 1.51. The van der Waals surface area contributed by atoms with Crippen molar-refractivity contribution >= 4 is 13.8 Å². The summed E-state index contributed by atoms with van der Waals surface area (Å²) in [5, 5.41) is 0. The van der Waals surface area contributed by atoms with Crippen molar-refractivity contribution in [2.75, 3.05) is 21.1 Å². The van der Waals surface area contributed by atoms with Crippen LogP contribution in [0.1, 0.15) is 84.9 Å². The minimum absolute atomic E-state index is 0.0239. The molecule has 0 N–H and O–H groups in total. The van der Waals surface area contributed by atoms with Crippen molar-refractivity contribution in [2.24, 2.45) is 11.8 Å². The topological polar surface area (TPSA) is 3.24 Å². The smallest absolute Gasteiger partial charge is 0.191 e. The number of allylic oxidation sites excluding steroid dienone is 4.